The summed E-state index contributed by atoms with van der Waals surface area (Å²) in [6.07, 6.45) is 0.359. The molecule has 0 spiro atoms. The number of ether oxygens (including phenoxy) is 1. The van der Waals surface area contributed by atoms with Crippen LogP contribution in [-0.4, -0.2) is 43.2 Å². The molecule has 0 unspecified atom stereocenters. The Hall–Kier alpha value is -2.29. The zero-order valence-corrected chi connectivity index (χ0v) is 14.5. The van der Waals surface area contributed by atoms with Crippen molar-refractivity contribution < 1.29 is 17.9 Å². The number of carbonyl (C=O) groups excluding carboxylic acids is 1. The third kappa shape index (κ3) is 3.55. The molecule has 0 bridgehead atoms. The predicted molar refractivity (Wildman–Crippen MR) is 89.0 cm³/mol. The Morgan fingerprint density at radius 1 is 1.35 bits per heavy atom. The van der Waals surface area contributed by atoms with E-state index >= 15 is 0 Å². The first-order chi connectivity index (χ1) is 10.4. The molecule has 8 nitrogen and oxygen atoms in total. The molecule has 0 saturated carbocycles. The second kappa shape index (κ2) is 5.41. The highest BCUT2D eigenvalue weighted by atomic mass is 32.2. The Morgan fingerprint density at radius 3 is 2.48 bits per heavy atom. The molecular formula is C14H20N4O4S. The van der Waals surface area contributed by atoms with Crippen molar-refractivity contribution >= 4 is 38.5 Å². The summed E-state index contributed by atoms with van der Waals surface area (Å²) in [6.45, 7) is 5.20. The van der Waals surface area contributed by atoms with Gasteiger partial charge in [-0.3, -0.25) is 4.31 Å². The standard InChI is InChI=1S/C14H20N4O4S/c1-14(2,3)22-13(19)18-11-7-6-9(15)8-10(11)12(16-18)17(4)23(5,20)21/h6-8H,15H2,1-5H3. The number of rotatable bonds is 2. The number of anilines is 2. The van der Waals surface area contributed by atoms with Gasteiger partial charge in [-0.25, -0.2) is 13.2 Å². The molecule has 9 heteroatoms. The van der Waals surface area contributed by atoms with E-state index < -0.39 is 21.7 Å². The van der Waals surface area contributed by atoms with Gasteiger partial charge in [0.15, 0.2) is 5.82 Å². The number of hydrogen-bond donors (Lipinski definition) is 1. The van der Waals surface area contributed by atoms with Crippen LogP contribution >= 0.6 is 0 Å². The van der Waals surface area contributed by atoms with Crippen LogP contribution in [0.15, 0.2) is 18.2 Å². The number of nitrogen functional groups attached to an aromatic ring is 1. The summed E-state index contributed by atoms with van der Waals surface area (Å²) in [4.78, 5) is 12.3. The van der Waals surface area contributed by atoms with Crippen LogP contribution < -0.4 is 10.0 Å². The summed E-state index contributed by atoms with van der Waals surface area (Å²) in [5.74, 6) is 0.112. The number of aromatic nitrogens is 2. The molecule has 0 saturated heterocycles. The number of benzene rings is 1. The van der Waals surface area contributed by atoms with Crippen molar-refractivity contribution in [1.29, 1.82) is 0 Å². The highest BCUT2D eigenvalue weighted by Gasteiger charge is 2.25. The average Bonchev–Trinajstić information content (AvgIpc) is 2.73. The number of sulfonamides is 1. The molecule has 23 heavy (non-hydrogen) atoms. The van der Waals surface area contributed by atoms with Crippen molar-refractivity contribution in [3.63, 3.8) is 0 Å². The Kier molecular flexibility index (Phi) is 4.02. The van der Waals surface area contributed by atoms with Gasteiger partial charge >= 0.3 is 6.09 Å². The van der Waals surface area contributed by atoms with E-state index in [9.17, 15) is 13.2 Å². The Labute approximate surface area is 134 Å². The fraction of sp³-hybridized carbons (Fsp3) is 0.429. The van der Waals surface area contributed by atoms with Crippen molar-refractivity contribution in [2.24, 2.45) is 0 Å². The summed E-state index contributed by atoms with van der Waals surface area (Å²) in [7, 11) is -2.18. The first-order valence-corrected chi connectivity index (χ1v) is 8.70. The quantitative estimate of drug-likeness (QED) is 0.835. The van der Waals surface area contributed by atoms with E-state index in [0.717, 1.165) is 15.2 Å². The molecule has 0 aliphatic heterocycles. The third-order valence-corrected chi connectivity index (χ3v) is 4.21. The number of hydrogen-bond acceptors (Lipinski definition) is 6. The normalized spacial score (nSPS) is 12.4. The second-order valence-electron chi connectivity index (χ2n) is 6.22. The van der Waals surface area contributed by atoms with Crippen LogP contribution in [0.25, 0.3) is 10.9 Å². The lowest BCUT2D eigenvalue weighted by Gasteiger charge is -2.19. The zero-order chi connectivity index (χ0) is 17.6. The highest BCUT2D eigenvalue weighted by molar-refractivity contribution is 7.92. The van der Waals surface area contributed by atoms with Crippen LogP contribution in [0.5, 0.6) is 0 Å². The second-order valence-corrected chi connectivity index (χ2v) is 8.24. The summed E-state index contributed by atoms with van der Waals surface area (Å²) in [6, 6.07) is 4.77. The molecule has 1 aromatic carbocycles. The fourth-order valence-corrected chi connectivity index (χ4v) is 2.40. The van der Waals surface area contributed by atoms with E-state index in [-0.39, 0.29) is 5.82 Å². The minimum absolute atomic E-state index is 0.112. The van der Waals surface area contributed by atoms with Crippen LogP contribution in [0.1, 0.15) is 20.8 Å². The van der Waals surface area contributed by atoms with Gasteiger partial charge in [0.05, 0.1) is 11.8 Å². The van der Waals surface area contributed by atoms with Gasteiger partial charge in [0, 0.05) is 18.1 Å². The summed E-state index contributed by atoms with van der Waals surface area (Å²) >= 11 is 0. The van der Waals surface area contributed by atoms with Gasteiger partial charge in [0.25, 0.3) is 0 Å². The average molecular weight is 340 g/mol. The van der Waals surface area contributed by atoms with E-state index in [0.29, 0.717) is 16.6 Å². The molecule has 0 atom stereocenters. The molecule has 0 amide bonds. The molecule has 2 aromatic rings. The maximum absolute atomic E-state index is 12.3. The molecular weight excluding hydrogens is 320 g/mol. The van der Waals surface area contributed by atoms with Crippen LogP contribution in [0.4, 0.5) is 16.3 Å². The topological polar surface area (TPSA) is 108 Å². The summed E-state index contributed by atoms with van der Waals surface area (Å²) < 4.78 is 30.9. The number of nitrogens with two attached hydrogens (primary N) is 1. The largest absolute Gasteiger partial charge is 0.442 e. The predicted octanol–water partition coefficient (Wildman–Crippen LogP) is 1.80. The molecule has 0 aliphatic carbocycles. The van der Waals surface area contributed by atoms with Crippen molar-refractivity contribution in [2.75, 3.05) is 23.3 Å². The highest BCUT2D eigenvalue weighted by Crippen LogP contribution is 2.29. The lowest BCUT2D eigenvalue weighted by atomic mass is 10.2. The molecule has 126 valence electrons. The molecule has 2 N–H and O–H groups in total. The Balaban J connectivity index is 2.66. The van der Waals surface area contributed by atoms with E-state index in [1.54, 1.807) is 39.0 Å². The van der Waals surface area contributed by atoms with Crippen molar-refractivity contribution in [3.05, 3.63) is 18.2 Å². The minimum Gasteiger partial charge on any atom is -0.442 e. The smallest absolute Gasteiger partial charge is 0.435 e. The molecule has 0 aliphatic rings. The summed E-state index contributed by atoms with van der Waals surface area (Å²) in [5, 5.41) is 4.56. The lowest BCUT2D eigenvalue weighted by molar-refractivity contribution is 0.0523. The van der Waals surface area contributed by atoms with Gasteiger partial charge in [0.2, 0.25) is 10.0 Å². The maximum Gasteiger partial charge on any atom is 0.435 e. The van der Waals surface area contributed by atoms with Crippen molar-refractivity contribution in [1.82, 2.24) is 9.78 Å². The van der Waals surface area contributed by atoms with Crippen molar-refractivity contribution in [2.45, 2.75) is 26.4 Å². The molecule has 0 fully saturated rings. The van der Waals surface area contributed by atoms with Gasteiger partial charge < -0.3 is 10.5 Å². The fourth-order valence-electron chi connectivity index (χ4n) is 1.95. The van der Waals surface area contributed by atoms with Gasteiger partial charge in [-0.1, -0.05) is 0 Å². The Morgan fingerprint density at radius 2 is 1.96 bits per heavy atom. The molecule has 1 heterocycles. The summed E-state index contributed by atoms with van der Waals surface area (Å²) in [5.41, 5.74) is 5.92. The lowest BCUT2D eigenvalue weighted by Crippen LogP contribution is -2.29. The van der Waals surface area contributed by atoms with Crippen LogP contribution in [-0.2, 0) is 14.8 Å². The van der Waals surface area contributed by atoms with Crippen LogP contribution in [0.3, 0.4) is 0 Å². The van der Waals surface area contributed by atoms with Gasteiger partial charge in [-0.05, 0) is 39.0 Å². The maximum atomic E-state index is 12.3. The SMILES string of the molecule is CN(c1nn(C(=O)OC(C)(C)C)c2ccc(N)cc12)S(C)(=O)=O. The van der Waals surface area contributed by atoms with E-state index in [1.165, 1.54) is 7.05 Å². The zero-order valence-electron chi connectivity index (χ0n) is 13.7. The number of carbonyl (C=O) groups is 1. The number of fused-ring (bicyclic) bond motifs is 1. The van der Waals surface area contributed by atoms with Crippen LogP contribution in [0.2, 0.25) is 0 Å². The molecule has 1 aromatic heterocycles. The molecule has 0 radical (unpaired) electrons. The monoisotopic (exact) mass is 340 g/mol. The Bertz CT molecular complexity index is 865. The van der Waals surface area contributed by atoms with Crippen LogP contribution in [0, 0.1) is 0 Å². The van der Waals surface area contributed by atoms with Gasteiger partial charge in [-0.2, -0.15) is 4.68 Å². The van der Waals surface area contributed by atoms with Crippen molar-refractivity contribution in [3.8, 4) is 0 Å². The van der Waals surface area contributed by atoms with Gasteiger partial charge in [0.1, 0.15) is 5.60 Å². The van der Waals surface area contributed by atoms with E-state index in [4.69, 9.17) is 10.5 Å². The van der Waals surface area contributed by atoms with E-state index in [1.807, 2.05) is 0 Å². The van der Waals surface area contributed by atoms with Gasteiger partial charge in [-0.15, -0.1) is 5.10 Å². The first kappa shape index (κ1) is 17.1. The van der Waals surface area contributed by atoms with E-state index in [2.05, 4.69) is 5.10 Å². The number of nitrogens with zero attached hydrogens (tertiary/aromatic N) is 3. The molecule has 2 rings (SSSR count). The first-order valence-electron chi connectivity index (χ1n) is 6.85. The minimum atomic E-state index is -3.54. The third-order valence-electron chi connectivity index (χ3n) is 3.05.